The van der Waals surface area contributed by atoms with E-state index in [0.717, 1.165) is 21.7 Å². The van der Waals surface area contributed by atoms with Crippen LogP contribution in [0, 0.1) is 25.2 Å². The number of carbonyl (C=O) groups excluding carboxylic acids is 2. The SMILES string of the molecule is Cc1noc(C)c1-c1ccc2nccc(C(=O)CCC(=O)N3CC(F)(F)C[C@H]3C#N)c2c1.S. The molecule has 3 aromatic rings. The number of alkyl halides is 2. The summed E-state index contributed by atoms with van der Waals surface area (Å²) >= 11 is 0. The van der Waals surface area contributed by atoms with Crippen molar-refractivity contribution in [3.8, 4) is 17.2 Å². The van der Waals surface area contributed by atoms with Gasteiger partial charge in [0.25, 0.3) is 5.92 Å². The van der Waals surface area contributed by atoms with Crippen molar-refractivity contribution in [1.29, 1.82) is 5.26 Å². The average molecular weight is 473 g/mol. The number of nitriles is 1. The van der Waals surface area contributed by atoms with Gasteiger partial charge in [0, 0.05) is 42.0 Å². The summed E-state index contributed by atoms with van der Waals surface area (Å²) in [6.45, 7) is 2.83. The zero-order valence-corrected chi connectivity index (χ0v) is 19.1. The van der Waals surface area contributed by atoms with E-state index < -0.39 is 30.8 Å². The standard InChI is InChI=1S/C23H20F2N4O3.H2S/c1-13-22(14(2)32-28-13)15-3-4-19-18(9-15)17(7-8-27-19)20(30)5-6-21(31)29-12-23(24,25)10-16(29)11-26;/h3-4,7-9,16H,5-6,10,12H2,1-2H3;1H2/t16-;/m0./s1. The number of Topliss-reactive ketones (excluding diaryl/α,β-unsaturated/α-hetero) is 1. The molecule has 2 aromatic heterocycles. The third-order valence-electron chi connectivity index (χ3n) is 5.67. The number of ketones is 1. The van der Waals surface area contributed by atoms with Gasteiger partial charge in [-0.3, -0.25) is 14.6 Å². The van der Waals surface area contributed by atoms with Gasteiger partial charge in [-0.05, 0) is 37.6 Å². The average Bonchev–Trinajstić information content (AvgIpc) is 3.28. The molecule has 1 atom stereocenters. The number of aryl methyl sites for hydroxylation is 2. The Morgan fingerprint density at radius 3 is 2.70 bits per heavy atom. The lowest BCUT2D eigenvalue weighted by molar-refractivity contribution is -0.132. The number of benzene rings is 1. The monoisotopic (exact) mass is 472 g/mol. The molecule has 33 heavy (non-hydrogen) atoms. The predicted molar refractivity (Wildman–Crippen MR) is 121 cm³/mol. The van der Waals surface area contributed by atoms with Crippen LogP contribution in [0.4, 0.5) is 8.78 Å². The van der Waals surface area contributed by atoms with Crippen molar-refractivity contribution in [3.63, 3.8) is 0 Å². The van der Waals surface area contributed by atoms with Crippen LogP contribution in [-0.4, -0.2) is 45.2 Å². The Morgan fingerprint density at radius 2 is 2.03 bits per heavy atom. The molecule has 0 radical (unpaired) electrons. The molecule has 1 aliphatic heterocycles. The highest BCUT2D eigenvalue weighted by Gasteiger charge is 2.47. The van der Waals surface area contributed by atoms with Crippen molar-refractivity contribution in [1.82, 2.24) is 15.0 Å². The van der Waals surface area contributed by atoms with Crippen LogP contribution in [-0.2, 0) is 4.79 Å². The molecule has 4 rings (SSSR count). The highest BCUT2D eigenvalue weighted by molar-refractivity contribution is 7.59. The molecule has 0 unspecified atom stereocenters. The van der Waals surface area contributed by atoms with Gasteiger partial charge in [0.15, 0.2) is 5.78 Å². The van der Waals surface area contributed by atoms with E-state index in [2.05, 4.69) is 10.1 Å². The number of amides is 1. The van der Waals surface area contributed by atoms with Crippen LogP contribution >= 0.6 is 13.5 Å². The molecule has 0 bridgehead atoms. The lowest BCUT2D eigenvalue weighted by atomic mass is 9.97. The van der Waals surface area contributed by atoms with Gasteiger partial charge in [0.2, 0.25) is 5.91 Å². The van der Waals surface area contributed by atoms with E-state index in [0.29, 0.717) is 22.2 Å². The minimum Gasteiger partial charge on any atom is -0.361 e. The van der Waals surface area contributed by atoms with Gasteiger partial charge in [0.05, 0.1) is 23.8 Å². The minimum atomic E-state index is -3.09. The van der Waals surface area contributed by atoms with E-state index in [-0.39, 0.29) is 32.1 Å². The number of likely N-dealkylation sites (tertiary alicyclic amines) is 1. The van der Waals surface area contributed by atoms with Crippen LogP contribution in [0.5, 0.6) is 0 Å². The Hall–Kier alpha value is -3.32. The summed E-state index contributed by atoms with van der Waals surface area (Å²) < 4.78 is 32.5. The molecule has 1 saturated heterocycles. The van der Waals surface area contributed by atoms with Crippen LogP contribution in [0.1, 0.15) is 41.1 Å². The number of aromatic nitrogens is 2. The molecular weight excluding hydrogens is 450 g/mol. The predicted octanol–water partition coefficient (Wildman–Crippen LogP) is 4.34. The quantitative estimate of drug-likeness (QED) is 0.512. The zero-order valence-electron chi connectivity index (χ0n) is 18.1. The van der Waals surface area contributed by atoms with E-state index in [1.807, 2.05) is 19.1 Å². The summed E-state index contributed by atoms with van der Waals surface area (Å²) in [4.78, 5) is 30.6. The number of hydrogen-bond donors (Lipinski definition) is 0. The second-order valence-electron chi connectivity index (χ2n) is 7.94. The molecule has 3 heterocycles. The maximum absolute atomic E-state index is 13.6. The molecule has 0 N–H and O–H groups in total. The third-order valence-corrected chi connectivity index (χ3v) is 5.67. The number of rotatable bonds is 5. The summed E-state index contributed by atoms with van der Waals surface area (Å²) in [5.74, 6) is -3.37. The molecule has 1 amide bonds. The Bertz CT molecular complexity index is 1250. The van der Waals surface area contributed by atoms with E-state index in [1.165, 1.54) is 6.20 Å². The van der Waals surface area contributed by atoms with E-state index in [9.17, 15) is 18.4 Å². The Labute approximate surface area is 195 Å². The highest BCUT2D eigenvalue weighted by Crippen LogP contribution is 2.33. The maximum atomic E-state index is 13.6. The van der Waals surface area contributed by atoms with Gasteiger partial charge in [-0.2, -0.15) is 18.8 Å². The lowest BCUT2D eigenvalue weighted by Gasteiger charge is -2.18. The Balaban J connectivity index is 0.00000306. The van der Waals surface area contributed by atoms with Crippen molar-refractivity contribution in [3.05, 3.63) is 47.5 Å². The zero-order chi connectivity index (χ0) is 23.0. The molecule has 0 aliphatic carbocycles. The fourth-order valence-corrected chi connectivity index (χ4v) is 4.13. The first kappa shape index (κ1) is 24.3. The summed E-state index contributed by atoms with van der Waals surface area (Å²) in [6, 6.07) is 7.64. The van der Waals surface area contributed by atoms with Gasteiger partial charge in [0.1, 0.15) is 11.8 Å². The van der Waals surface area contributed by atoms with E-state index >= 15 is 0 Å². The fraction of sp³-hybridized carbons (Fsp3) is 0.348. The van der Waals surface area contributed by atoms with Gasteiger partial charge in [-0.25, -0.2) is 8.78 Å². The first-order valence-electron chi connectivity index (χ1n) is 10.1. The lowest BCUT2D eigenvalue weighted by Crippen LogP contribution is -2.36. The molecule has 1 aromatic carbocycles. The van der Waals surface area contributed by atoms with Gasteiger partial charge in [-0.1, -0.05) is 11.2 Å². The van der Waals surface area contributed by atoms with Gasteiger partial charge < -0.3 is 9.42 Å². The number of pyridine rings is 1. The van der Waals surface area contributed by atoms with Gasteiger partial charge in [-0.15, -0.1) is 0 Å². The number of hydrogen-bond acceptors (Lipinski definition) is 6. The molecule has 1 aliphatic rings. The smallest absolute Gasteiger partial charge is 0.268 e. The normalized spacial score (nSPS) is 16.9. The summed E-state index contributed by atoms with van der Waals surface area (Å²) in [5.41, 5.74) is 3.38. The van der Waals surface area contributed by atoms with Crippen LogP contribution < -0.4 is 0 Å². The molecular formula is C23H22F2N4O3S. The maximum Gasteiger partial charge on any atom is 0.268 e. The minimum absolute atomic E-state index is 0. The van der Waals surface area contributed by atoms with Crippen LogP contribution in [0.2, 0.25) is 0 Å². The number of halogens is 2. The number of fused-ring (bicyclic) bond motifs is 1. The Kier molecular flexibility index (Phi) is 6.84. The fourth-order valence-electron chi connectivity index (χ4n) is 4.13. The first-order chi connectivity index (χ1) is 15.2. The number of nitrogens with zero attached hydrogens (tertiary/aromatic N) is 4. The van der Waals surface area contributed by atoms with Crippen molar-refractivity contribution in [2.24, 2.45) is 0 Å². The van der Waals surface area contributed by atoms with Crippen molar-refractivity contribution in [2.45, 2.75) is 45.1 Å². The molecule has 0 saturated carbocycles. The Morgan fingerprint density at radius 1 is 1.27 bits per heavy atom. The van der Waals surface area contributed by atoms with Gasteiger partial charge >= 0.3 is 0 Å². The summed E-state index contributed by atoms with van der Waals surface area (Å²) in [7, 11) is 0. The van der Waals surface area contributed by atoms with Crippen LogP contribution in [0.3, 0.4) is 0 Å². The third kappa shape index (κ3) is 4.73. The largest absolute Gasteiger partial charge is 0.361 e. The molecule has 10 heteroatoms. The van der Waals surface area contributed by atoms with Crippen molar-refractivity contribution >= 4 is 36.1 Å². The van der Waals surface area contributed by atoms with E-state index in [4.69, 9.17) is 9.78 Å². The van der Waals surface area contributed by atoms with E-state index in [1.54, 1.807) is 25.1 Å². The molecule has 0 spiro atoms. The molecule has 1 fully saturated rings. The summed E-state index contributed by atoms with van der Waals surface area (Å²) in [6.07, 6.45) is 0.427. The molecule has 7 nitrogen and oxygen atoms in total. The topological polar surface area (TPSA) is 100 Å². The second-order valence-corrected chi connectivity index (χ2v) is 7.94. The first-order valence-corrected chi connectivity index (χ1v) is 10.1. The number of carbonyl (C=O) groups is 2. The highest BCUT2D eigenvalue weighted by atomic mass is 32.1. The van der Waals surface area contributed by atoms with Crippen molar-refractivity contribution < 1.29 is 22.9 Å². The second kappa shape index (κ2) is 9.27. The van der Waals surface area contributed by atoms with Crippen molar-refractivity contribution in [2.75, 3.05) is 6.54 Å². The van der Waals surface area contributed by atoms with Crippen LogP contribution in [0.15, 0.2) is 35.0 Å². The van der Waals surface area contributed by atoms with Crippen LogP contribution in [0.25, 0.3) is 22.0 Å². The summed E-state index contributed by atoms with van der Waals surface area (Å²) in [5, 5.41) is 13.7. The molecule has 172 valence electrons.